The van der Waals surface area contributed by atoms with Gasteiger partial charge in [-0.3, -0.25) is 0 Å². The van der Waals surface area contributed by atoms with E-state index in [1.807, 2.05) is 30.3 Å². The van der Waals surface area contributed by atoms with E-state index in [0.29, 0.717) is 17.1 Å². The van der Waals surface area contributed by atoms with Crippen LogP contribution in [0.25, 0.3) is 0 Å². The number of hydrogen-bond acceptors (Lipinski definition) is 3. The molecule has 0 spiro atoms. The molecule has 0 atom stereocenters. The molecule has 0 aromatic heterocycles. The number of ether oxygens (including phenoxy) is 1. The van der Waals surface area contributed by atoms with E-state index < -0.39 is 0 Å². The van der Waals surface area contributed by atoms with E-state index >= 15 is 0 Å². The largest absolute Gasteiger partial charge is 0.496 e. The van der Waals surface area contributed by atoms with Crippen LogP contribution in [0.3, 0.4) is 0 Å². The van der Waals surface area contributed by atoms with E-state index in [9.17, 15) is 0 Å². The number of hydrogen-bond donors (Lipinski definition) is 1. The Morgan fingerprint density at radius 3 is 2.79 bits per heavy atom. The van der Waals surface area contributed by atoms with Gasteiger partial charge in [-0.05, 0) is 30.3 Å². The van der Waals surface area contributed by atoms with Crippen LogP contribution in [-0.2, 0) is 6.54 Å². The monoisotopic (exact) mass is 272 g/mol. The maximum Gasteiger partial charge on any atom is 0.125 e. The second-order valence-corrected chi connectivity index (χ2v) is 4.37. The summed E-state index contributed by atoms with van der Waals surface area (Å²) >= 11 is 6.16. The SMILES string of the molecule is COc1cccc(Cl)c1CNc1cccc(C#N)c1. The summed E-state index contributed by atoms with van der Waals surface area (Å²) < 4.78 is 5.28. The molecule has 0 heterocycles. The van der Waals surface area contributed by atoms with Gasteiger partial charge >= 0.3 is 0 Å². The van der Waals surface area contributed by atoms with Crippen LogP contribution in [0.2, 0.25) is 5.02 Å². The highest BCUT2D eigenvalue weighted by atomic mass is 35.5. The highest BCUT2D eigenvalue weighted by Gasteiger charge is 2.07. The molecule has 0 bridgehead atoms. The molecule has 0 aliphatic rings. The summed E-state index contributed by atoms with van der Waals surface area (Å²) in [4.78, 5) is 0. The number of nitrogens with zero attached hydrogens (tertiary/aromatic N) is 1. The Kier molecular flexibility index (Phi) is 4.27. The van der Waals surface area contributed by atoms with Crippen LogP contribution in [-0.4, -0.2) is 7.11 Å². The van der Waals surface area contributed by atoms with Gasteiger partial charge in [0.15, 0.2) is 0 Å². The van der Waals surface area contributed by atoms with Crippen molar-refractivity contribution in [1.29, 1.82) is 5.26 Å². The summed E-state index contributed by atoms with van der Waals surface area (Å²) in [6, 6.07) is 15.0. The molecule has 0 aliphatic carbocycles. The lowest BCUT2D eigenvalue weighted by Crippen LogP contribution is -2.02. The maximum atomic E-state index is 8.85. The van der Waals surface area contributed by atoms with E-state index in [2.05, 4.69) is 11.4 Å². The fourth-order valence-corrected chi connectivity index (χ4v) is 2.02. The minimum Gasteiger partial charge on any atom is -0.496 e. The Morgan fingerprint density at radius 1 is 1.26 bits per heavy atom. The summed E-state index contributed by atoms with van der Waals surface area (Å²) in [6.45, 7) is 0.539. The van der Waals surface area contributed by atoms with Gasteiger partial charge in [-0.25, -0.2) is 0 Å². The fourth-order valence-electron chi connectivity index (χ4n) is 1.79. The van der Waals surface area contributed by atoms with Gasteiger partial charge in [0.1, 0.15) is 5.75 Å². The molecule has 0 saturated carbocycles. The Labute approximate surface area is 117 Å². The molecule has 0 amide bonds. The lowest BCUT2D eigenvalue weighted by atomic mass is 10.1. The molecule has 1 N–H and O–H groups in total. The van der Waals surface area contributed by atoms with Crippen molar-refractivity contribution in [3.63, 3.8) is 0 Å². The molecule has 3 nitrogen and oxygen atoms in total. The molecule has 2 aromatic carbocycles. The maximum absolute atomic E-state index is 8.85. The standard InChI is InChI=1S/C15H13ClN2O/c1-19-15-7-3-6-14(16)13(15)10-18-12-5-2-4-11(8-12)9-17/h2-8,18H,10H2,1H3. The Bertz CT molecular complexity index is 620. The molecule has 0 fully saturated rings. The van der Waals surface area contributed by atoms with Gasteiger partial charge in [-0.2, -0.15) is 5.26 Å². The van der Waals surface area contributed by atoms with Crippen LogP contribution in [0, 0.1) is 11.3 Å². The van der Waals surface area contributed by atoms with Crippen molar-refractivity contribution in [2.45, 2.75) is 6.54 Å². The first kappa shape index (κ1) is 13.3. The van der Waals surface area contributed by atoms with Crippen molar-refractivity contribution in [3.05, 3.63) is 58.6 Å². The number of halogens is 1. The number of nitriles is 1. The molecule has 0 aliphatic heterocycles. The molecule has 0 saturated heterocycles. The molecule has 0 radical (unpaired) electrons. The molecule has 19 heavy (non-hydrogen) atoms. The van der Waals surface area contributed by atoms with Gasteiger partial charge in [0.2, 0.25) is 0 Å². The lowest BCUT2D eigenvalue weighted by molar-refractivity contribution is 0.410. The van der Waals surface area contributed by atoms with E-state index in [4.69, 9.17) is 21.6 Å². The second kappa shape index (κ2) is 6.12. The van der Waals surface area contributed by atoms with Gasteiger partial charge < -0.3 is 10.1 Å². The van der Waals surface area contributed by atoms with E-state index in [-0.39, 0.29) is 0 Å². The minimum absolute atomic E-state index is 0.539. The zero-order valence-corrected chi connectivity index (χ0v) is 11.2. The van der Waals surface area contributed by atoms with E-state index in [1.165, 1.54) is 0 Å². The van der Waals surface area contributed by atoms with Gasteiger partial charge in [-0.15, -0.1) is 0 Å². The van der Waals surface area contributed by atoms with Gasteiger partial charge in [0.25, 0.3) is 0 Å². The summed E-state index contributed by atoms with van der Waals surface area (Å²) in [5.74, 6) is 0.747. The summed E-state index contributed by atoms with van der Waals surface area (Å²) in [7, 11) is 1.62. The van der Waals surface area contributed by atoms with Crippen LogP contribution in [0.4, 0.5) is 5.69 Å². The average molecular weight is 273 g/mol. The zero-order valence-electron chi connectivity index (χ0n) is 10.5. The molecule has 0 unspecified atom stereocenters. The van der Waals surface area contributed by atoms with Gasteiger partial charge in [0.05, 0.1) is 18.7 Å². The number of rotatable bonds is 4. The van der Waals surface area contributed by atoms with Crippen LogP contribution in [0.15, 0.2) is 42.5 Å². The number of nitrogens with one attached hydrogen (secondary N) is 1. The molecule has 2 aromatic rings. The van der Waals surface area contributed by atoms with Crippen molar-refractivity contribution in [2.75, 3.05) is 12.4 Å². The van der Waals surface area contributed by atoms with Crippen LogP contribution in [0.1, 0.15) is 11.1 Å². The Morgan fingerprint density at radius 2 is 2.05 bits per heavy atom. The minimum atomic E-state index is 0.539. The molecule has 96 valence electrons. The Hall–Kier alpha value is -2.18. The first-order chi connectivity index (χ1) is 9.24. The number of anilines is 1. The van der Waals surface area contributed by atoms with Crippen LogP contribution < -0.4 is 10.1 Å². The summed E-state index contributed by atoms with van der Waals surface area (Å²) in [5, 5.41) is 12.7. The predicted octanol–water partition coefficient (Wildman–Crippen LogP) is 3.83. The van der Waals surface area contributed by atoms with Crippen LogP contribution in [0.5, 0.6) is 5.75 Å². The van der Waals surface area contributed by atoms with Crippen LogP contribution >= 0.6 is 11.6 Å². The van der Waals surface area contributed by atoms with Crippen molar-refractivity contribution in [1.82, 2.24) is 0 Å². The third kappa shape index (κ3) is 3.18. The predicted molar refractivity (Wildman–Crippen MR) is 76.5 cm³/mol. The van der Waals surface area contributed by atoms with E-state index in [1.54, 1.807) is 19.2 Å². The highest BCUT2D eigenvalue weighted by Crippen LogP contribution is 2.27. The summed E-state index contributed by atoms with van der Waals surface area (Å²) in [6.07, 6.45) is 0. The van der Waals surface area contributed by atoms with Crippen molar-refractivity contribution in [2.24, 2.45) is 0 Å². The third-order valence-corrected chi connectivity index (χ3v) is 3.11. The quantitative estimate of drug-likeness (QED) is 0.920. The molecule has 4 heteroatoms. The zero-order chi connectivity index (χ0) is 13.7. The Balaban J connectivity index is 2.17. The summed E-state index contributed by atoms with van der Waals surface area (Å²) in [5.41, 5.74) is 2.39. The van der Waals surface area contributed by atoms with Crippen molar-refractivity contribution in [3.8, 4) is 11.8 Å². The van der Waals surface area contributed by atoms with E-state index in [0.717, 1.165) is 17.0 Å². The normalized spacial score (nSPS) is 9.74. The first-order valence-corrected chi connectivity index (χ1v) is 6.18. The topological polar surface area (TPSA) is 45.0 Å². The number of methoxy groups -OCH3 is 1. The first-order valence-electron chi connectivity index (χ1n) is 5.80. The smallest absolute Gasteiger partial charge is 0.125 e. The second-order valence-electron chi connectivity index (χ2n) is 3.97. The van der Waals surface area contributed by atoms with Crippen molar-refractivity contribution >= 4 is 17.3 Å². The van der Waals surface area contributed by atoms with Gasteiger partial charge in [-0.1, -0.05) is 23.7 Å². The lowest BCUT2D eigenvalue weighted by Gasteiger charge is -2.12. The average Bonchev–Trinajstić information content (AvgIpc) is 2.46. The molecular weight excluding hydrogens is 260 g/mol. The highest BCUT2D eigenvalue weighted by molar-refractivity contribution is 6.31. The molecule has 2 rings (SSSR count). The fraction of sp³-hybridized carbons (Fsp3) is 0.133. The van der Waals surface area contributed by atoms with Crippen molar-refractivity contribution < 1.29 is 4.74 Å². The number of benzene rings is 2. The third-order valence-electron chi connectivity index (χ3n) is 2.76. The van der Waals surface area contributed by atoms with Gasteiger partial charge in [0, 0.05) is 22.8 Å². The molecular formula is C15H13ClN2O.